The number of hydrogen-bond donors (Lipinski definition) is 0. The van der Waals surface area contributed by atoms with Crippen LogP contribution < -0.4 is 4.90 Å². The molecule has 0 bridgehead atoms. The number of rotatable bonds is 4. The van der Waals surface area contributed by atoms with Crippen molar-refractivity contribution in [3.8, 4) is 11.1 Å². The van der Waals surface area contributed by atoms with E-state index in [9.17, 15) is 0 Å². The molecule has 3 aliphatic rings. The molecule has 0 radical (unpaired) electrons. The van der Waals surface area contributed by atoms with Gasteiger partial charge in [-0.15, -0.1) is 27.7 Å². The minimum atomic E-state index is -0.619. The van der Waals surface area contributed by atoms with Gasteiger partial charge in [-0.25, -0.2) is 0 Å². The van der Waals surface area contributed by atoms with Crippen LogP contribution >= 0.6 is 0 Å². The van der Waals surface area contributed by atoms with Gasteiger partial charge in [-0.05, 0) is 53.8 Å². The zero-order valence-corrected chi connectivity index (χ0v) is 26.9. The summed E-state index contributed by atoms with van der Waals surface area (Å²) >= 11 is 0. The largest absolute Gasteiger partial charge is 4.00 e. The molecule has 9 rings (SSSR count). The van der Waals surface area contributed by atoms with E-state index in [0.717, 1.165) is 33.7 Å². The maximum atomic E-state index is 4.90. The molecule has 1 aliphatic carbocycles. The molecule has 3 heterocycles. The number of aromatic nitrogens is 1. The van der Waals surface area contributed by atoms with Gasteiger partial charge in [0.25, 0.3) is 0 Å². The van der Waals surface area contributed by atoms with Gasteiger partial charge in [-0.3, -0.25) is 0 Å². The zero-order valence-electron chi connectivity index (χ0n) is 24.6. The van der Waals surface area contributed by atoms with Crippen molar-refractivity contribution in [3.05, 3.63) is 180 Å². The summed E-state index contributed by atoms with van der Waals surface area (Å²) < 4.78 is 2.28. The molecule has 0 unspecified atom stereocenters. The van der Waals surface area contributed by atoms with Gasteiger partial charge in [0.2, 0.25) is 0 Å². The Morgan fingerprint density at radius 1 is 0.733 bits per heavy atom. The van der Waals surface area contributed by atoms with Gasteiger partial charge >= 0.3 is 21.1 Å². The molecule has 0 spiro atoms. The Morgan fingerprint density at radius 3 is 2.20 bits per heavy atom. The van der Waals surface area contributed by atoms with Gasteiger partial charge in [0.1, 0.15) is 0 Å². The first-order chi connectivity index (χ1) is 21.7. The molecule has 0 amide bonds. The Kier molecular flexibility index (Phi) is 6.58. The fraction of sp³-hybridized carbons (Fsp3) is 0.0750. The van der Waals surface area contributed by atoms with Crippen molar-refractivity contribution >= 4 is 33.3 Å². The third kappa shape index (κ3) is 4.02. The quantitative estimate of drug-likeness (QED) is 0.168. The number of hydrogen-bond acceptors (Lipinski definition) is 2. The van der Waals surface area contributed by atoms with Crippen LogP contribution in [-0.4, -0.2) is 23.1 Å². The summed E-state index contributed by atoms with van der Waals surface area (Å²) in [6.45, 7) is 2.74. The summed E-state index contributed by atoms with van der Waals surface area (Å²) in [5, 5.41) is 7.27. The molecule has 0 fully saturated rings. The van der Waals surface area contributed by atoms with Crippen molar-refractivity contribution in [1.82, 2.24) is 9.47 Å². The van der Waals surface area contributed by atoms with E-state index in [1.807, 2.05) is 7.05 Å². The predicted octanol–water partition coefficient (Wildman–Crippen LogP) is 8.84. The van der Waals surface area contributed by atoms with Crippen molar-refractivity contribution in [1.29, 1.82) is 0 Å². The fourth-order valence-corrected chi connectivity index (χ4v) is 7.29. The summed E-state index contributed by atoms with van der Waals surface area (Å²) in [4.78, 5) is 4.18. The summed E-state index contributed by atoms with van der Waals surface area (Å²) in [7, 11) is 2.04. The van der Waals surface area contributed by atoms with E-state index in [1.54, 1.807) is 0 Å². The monoisotopic (exact) mass is 759 g/mol. The first-order valence-electron chi connectivity index (χ1n) is 15.0. The topological polar surface area (TPSA) is 25.5 Å². The average Bonchev–Trinajstić information content (AvgIpc) is 3.76. The van der Waals surface area contributed by atoms with Crippen molar-refractivity contribution in [2.45, 2.75) is 5.41 Å². The van der Waals surface area contributed by atoms with E-state index in [0.29, 0.717) is 6.54 Å². The molecule has 0 N–H and O–H groups in total. The number of para-hydroxylation sites is 1. The van der Waals surface area contributed by atoms with Gasteiger partial charge in [0, 0.05) is 5.41 Å². The van der Waals surface area contributed by atoms with Crippen molar-refractivity contribution < 1.29 is 21.1 Å². The smallest absolute Gasteiger partial charge is 0.510 e. The van der Waals surface area contributed by atoms with Gasteiger partial charge in [-0.1, -0.05) is 102 Å². The molecule has 5 aromatic carbocycles. The van der Waals surface area contributed by atoms with E-state index >= 15 is 0 Å². The van der Waals surface area contributed by atoms with Crippen LogP contribution in [0.2, 0.25) is 0 Å². The molecule has 0 saturated carbocycles. The Balaban J connectivity index is 0.00000300. The molecule has 2 aliphatic heterocycles. The SMILES string of the molecule is CN1C=CN(c2[c-]c(C3(c4[c-]c5c(cc4)c4ccccc4n5C4=CC=CC[N-]4)c4ccccc4-c4ccccc43)ccc2)[CH-]1.[Pt+4]. The van der Waals surface area contributed by atoms with Gasteiger partial charge in [0.05, 0.1) is 0 Å². The van der Waals surface area contributed by atoms with E-state index in [-0.39, 0.29) is 21.1 Å². The first-order valence-corrected chi connectivity index (χ1v) is 15.0. The molecule has 4 nitrogen and oxygen atoms in total. The number of nitrogens with zero attached hydrogens (tertiary/aromatic N) is 4. The van der Waals surface area contributed by atoms with E-state index in [2.05, 4.69) is 167 Å². The molecular formula is C40H28N4Pt. The third-order valence-electron chi connectivity index (χ3n) is 9.14. The zero-order chi connectivity index (χ0) is 29.3. The number of allylic oxidation sites excluding steroid dienone is 2. The summed E-state index contributed by atoms with van der Waals surface area (Å²) in [5.74, 6) is 0.933. The van der Waals surface area contributed by atoms with Crippen LogP contribution in [0.25, 0.3) is 44.1 Å². The van der Waals surface area contributed by atoms with Crippen LogP contribution in [-0.2, 0) is 26.5 Å². The summed E-state index contributed by atoms with van der Waals surface area (Å²) in [6.07, 6.45) is 10.4. The van der Waals surface area contributed by atoms with E-state index < -0.39 is 5.41 Å². The van der Waals surface area contributed by atoms with Crippen LogP contribution in [0.5, 0.6) is 0 Å². The Hall–Kier alpha value is -4.79. The van der Waals surface area contributed by atoms with E-state index in [4.69, 9.17) is 5.32 Å². The second-order valence-electron chi connectivity index (χ2n) is 11.6. The standard InChI is InChI=1S/C40H28N4.Pt/c1-42-23-24-43(27-42)30-12-10-11-28(25-30)40(35-16-5-2-13-31(35)32-14-3-6-17-36(32)40)29-20-21-34-33-15-4-7-18-37(33)44(38(34)26-29)39-19-8-9-22-41-39;/h2-21,23-24,27H,22H2,1H3;/q-4;+4. The van der Waals surface area contributed by atoms with Crippen molar-refractivity contribution in [3.63, 3.8) is 0 Å². The summed E-state index contributed by atoms with van der Waals surface area (Å²) in [6, 6.07) is 45.2. The second-order valence-corrected chi connectivity index (χ2v) is 11.6. The Bertz CT molecular complexity index is 2160. The average molecular weight is 760 g/mol. The minimum Gasteiger partial charge on any atom is -0.510 e. The minimum absolute atomic E-state index is 0. The van der Waals surface area contributed by atoms with Gasteiger partial charge in [-0.2, -0.15) is 49.1 Å². The molecule has 6 aromatic rings. The van der Waals surface area contributed by atoms with E-state index in [1.165, 1.54) is 33.0 Å². The van der Waals surface area contributed by atoms with Crippen LogP contribution in [0.1, 0.15) is 22.3 Å². The van der Waals surface area contributed by atoms with Crippen LogP contribution in [0.15, 0.2) is 134 Å². The normalized spacial score (nSPS) is 16.0. The second kappa shape index (κ2) is 10.7. The summed E-state index contributed by atoms with van der Waals surface area (Å²) in [5.41, 5.74) is 9.71. The molecule has 5 heteroatoms. The molecule has 45 heavy (non-hydrogen) atoms. The third-order valence-corrected chi connectivity index (χ3v) is 9.14. The van der Waals surface area contributed by atoms with Crippen LogP contribution in [0.3, 0.4) is 0 Å². The number of anilines is 1. The molecule has 1 aromatic heterocycles. The number of benzene rings is 5. The molecule has 0 saturated heterocycles. The van der Waals surface area contributed by atoms with Crippen LogP contribution in [0.4, 0.5) is 5.69 Å². The predicted molar refractivity (Wildman–Crippen MR) is 180 cm³/mol. The molecular weight excluding hydrogens is 732 g/mol. The van der Waals surface area contributed by atoms with Crippen LogP contribution in [0, 0.1) is 18.8 Å². The van der Waals surface area contributed by atoms with Gasteiger partial charge in [0.15, 0.2) is 0 Å². The first kappa shape index (κ1) is 27.7. The maximum Gasteiger partial charge on any atom is 4.00 e. The maximum absolute atomic E-state index is 4.90. The Morgan fingerprint density at radius 2 is 1.47 bits per heavy atom. The fourth-order valence-electron chi connectivity index (χ4n) is 7.29. The molecule has 218 valence electrons. The number of fused-ring (bicyclic) bond motifs is 6. The van der Waals surface area contributed by atoms with Crippen molar-refractivity contribution in [2.75, 3.05) is 18.5 Å². The molecule has 0 atom stereocenters. The van der Waals surface area contributed by atoms with Gasteiger partial charge < -0.3 is 19.7 Å². The van der Waals surface area contributed by atoms with Crippen molar-refractivity contribution in [2.24, 2.45) is 0 Å². The Labute approximate surface area is 277 Å².